The van der Waals surface area contributed by atoms with Gasteiger partial charge in [-0.05, 0) is 32.6 Å². The Hall–Kier alpha value is -2.18. The molecule has 1 saturated carbocycles. The van der Waals surface area contributed by atoms with Crippen LogP contribution >= 0.6 is 0 Å². The van der Waals surface area contributed by atoms with Crippen LogP contribution in [0.2, 0.25) is 0 Å². The summed E-state index contributed by atoms with van der Waals surface area (Å²) in [6.45, 7) is 1.94. The second-order valence-corrected chi connectivity index (χ2v) is 5.47. The molecule has 0 amide bonds. The van der Waals surface area contributed by atoms with E-state index in [1.807, 2.05) is 13.0 Å². The van der Waals surface area contributed by atoms with E-state index in [9.17, 15) is 4.79 Å². The Bertz CT molecular complexity index is 646. The summed E-state index contributed by atoms with van der Waals surface area (Å²) in [6.07, 6.45) is 5.10. The van der Waals surface area contributed by atoms with Crippen LogP contribution in [0.25, 0.3) is 5.78 Å². The Kier molecular flexibility index (Phi) is 3.72. The Morgan fingerprint density at radius 1 is 1.38 bits per heavy atom. The monoisotopic (exact) mass is 289 g/mol. The van der Waals surface area contributed by atoms with Gasteiger partial charge in [-0.1, -0.05) is 0 Å². The molecule has 0 spiro atoms. The van der Waals surface area contributed by atoms with Crippen molar-refractivity contribution in [2.45, 2.75) is 38.6 Å². The van der Waals surface area contributed by atoms with E-state index >= 15 is 0 Å². The normalized spacial score (nSPS) is 22.2. The van der Waals surface area contributed by atoms with Crippen LogP contribution in [0.1, 0.15) is 31.4 Å². The Balaban J connectivity index is 1.70. The molecule has 3 rings (SSSR count). The number of ether oxygens (including phenoxy) is 1. The van der Waals surface area contributed by atoms with Crippen molar-refractivity contribution in [1.82, 2.24) is 19.6 Å². The van der Waals surface area contributed by atoms with Gasteiger partial charge in [0.2, 0.25) is 0 Å². The van der Waals surface area contributed by atoms with E-state index in [2.05, 4.69) is 20.4 Å². The summed E-state index contributed by atoms with van der Waals surface area (Å²) in [5.41, 5.74) is 0.904. The van der Waals surface area contributed by atoms with Gasteiger partial charge in [0.15, 0.2) is 0 Å². The van der Waals surface area contributed by atoms with Gasteiger partial charge in [0.05, 0.1) is 13.0 Å². The zero-order valence-corrected chi connectivity index (χ0v) is 12.2. The maximum absolute atomic E-state index is 11.5. The van der Waals surface area contributed by atoms with Crippen molar-refractivity contribution < 1.29 is 9.53 Å². The average molecular weight is 289 g/mol. The van der Waals surface area contributed by atoms with E-state index in [4.69, 9.17) is 4.74 Å². The fourth-order valence-corrected chi connectivity index (χ4v) is 2.88. The van der Waals surface area contributed by atoms with Crippen molar-refractivity contribution in [2.24, 2.45) is 5.92 Å². The SMILES string of the molecule is COC(=O)C1CCC(Nc2cc(C)nc3ncnn23)CC1. The van der Waals surface area contributed by atoms with Gasteiger partial charge in [0, 0.05) is 17.8 Å². The van der Waals surface area contributed by atoms with Crippen LogP contribution in [-0.4, -0.2) is 38.7 Å². The minimum absolute atomic E-state index is 0.0404. The summed E-state index contributed by atoms with van der Waals surface area (Å²) in [7, 11) is 1.45. The highest BCUT2D eigenvalue weighted by Crippen LogP contribution is 2.27. The zero-order valence-electron chi connectivity index (χ0n) is 12.2. The zero-order chi connectivity index (χ0) is 14.8. The summed E-state index contributed by atoms with van der Waals surface area (Å²) >= 11 is 0. The molecule has 1 fully saturated rings. The lowest BCUT2D eigenvalue weighted by Gasteiger charge is -2.28. The van der Waals surface area contributed by atoms with Gasteiger partial charge in [0.1, 0.15) is 12.1 Å². The quantitative estimate of drug-likeness (QED) is 0.864. The number of carbonyl (C=O) groups is 1. The third-order valence-electron chi connectivity index (χ3n) is 3.99. The molecular weight excluding hydrogens is 270 g/mol. The van der Waals surface area contributed by atoms with E-state index in [1.165, 1.54) is 13.4 Å². The lowest BCUT2D eigenvalue weighted by Crippen LogP contribution is -2.30. The molecule has 1 aliphatic rings. The second kappa shape index (κ2) is 5.67. The first-order valence-electron chi connectivity index (χ1n) is 7.19. The number of methoxy groups -OCH3 is 1. The van der Waals surface area contributed by atoms with Gasteiger partial charge in [-0.25, -0.2) is 4.98 Å². The predicted octanol–water partition coefficient (Wildman–Crippen LogP) is 1.58. The number of carbonyl (C=O) groups excluding carboxylic acids is 1. The van der Waals surface area contributed by atoms with Crippen LogP contribution < -0.4 is 5.32 Å². The number of anilines is 1. The third kappa shape index (κ3) is 2.81. The summed E-state index contributed by atoms with van der Waals surface area (Å²) in [5.74, 6) is 1.45. The molecule has 7 heteroatoms. The summed E-state index contributed by atoms with van der Waals surface area (Å²) in [4.78, 5) is 20.0. The van der Waals surface area contributed by atoms with Crippen molar-refractivity contribution in [3.63, 3.8) is 0 Å². The molecule has 2 heterocycles. The van der Waals surface area contributed by atoms with Gasteiger partial charge in [-0.15, -0.1) is 0 Å². The van der Waals surface area contributed by atoms with Crippen molar-refractivity contribution in [2.75, 3.05) is 12.4 Å². The Labute approximate surface area is 122 Å². The first kappa shape index (κ1) is 13.8. The van der Waals surface area contributed by atoms with Crippen LogP contribution in [0.15, 0.2) is 12.4 Å². The standard InChI is InChI=1S/C14H19N5O2/c1-9-7-12(19-14(17-9)15-8-16-19)18-11-5-3-10(4-6-11)13(20)21-2/h7-8,10-11,18H,3-6H2,1-2H3. The van der Waals surface area contributed by atoms with Crippen LogP contribution in [0.3, 0.4) is 0 Å². The highest BCUT2D eigenvalue weighted by atomic mass is 16.5. The highest BCUT2D eigenvalue weighted by Gasteiger charge is 2.27. The number of aryl methyl sites for hydroxylation is 1. The van der Waals surface area contributed by atoms with Gasteiger partial charge in [-0.3, -0.25) is 4.79 Å². The van der Waals surface area contributed by atoms with E-state index in [0.29, 0.717) is 11.8 Å². The molecule has 2 aromatic heterocycles. The minimum atomic E-state index is -0.0909. The summed E-state index contributed by atoms with van der Waals surface area (Å²) in [5, 5.41) is 7.68. The number of hydrogen-bond acceptors (Lipinski definition) is 6. The maximum Gasteiger partial charge on any atom is 0.308 e. The van der Waals surface area contributed by atoms with E-state index < -0.39 is 0 Å². The highest BCUT2D eigenvalue weighted by molar-refractivity contribution is 5.72. The molecule has 0 unspecified atom stereocenters. The van der Waals surface area contributed by atoms with Crippen LogP contribution in [0, 0.1) is 12.8 Å². The molecule has 0 aromatic carbocycles. The van der Waals surface area contributed by atoms with Crippen molar-refractivity contribution in [3.8, 4) is 0 Å². The predicted molar refractivity (Wildman–Crippen MR) is 76.9 cm³/mol. The summed E-state index contributed by atoms with van der Waals surface area (Å²) in [6, 6.07) is 2.30. The lowest BCUT2D eigenvalue weighted by atomic mass is 9.86. The topological polar surface area (TPSA) is 81.4 Å². The van der Waals surface area contributed by atoms with Gasteiger partial charge in [-0.2, -0.15) is 14.6 Å². The van der Waals surface area contributed by atoms with Crippen LogP contribution in [0.5, 0.6) is 0 Å². The molecule has 1 aliphatic carbocycles. The molecular formula is C14H19N5O2. The van der Waals surface area contributed by atoms with Gasteiger partial charge in [0.25, 0.3) is 5.78 Å². The fourth-order valence-electron chi connectivity index (χ4n) is 2.88. The number of fused-ring (bicyclic) bond motifs is 1. The molecule has 0 saturated heterocycles. The van der Waals surface area contributed by atoms with Crippen molar-refractivity contribution >= 4 is 17.6 Å². The molecule has 112 valence electrons. The number of esters is 1. The lowest BCUT2D eigenvalue weighted by molar-refractivity contribution is -0.146. The number of hydrogen-bond donors (Lipinski definition) is 1. The first-order chi connectivity index (χ1) is 10.2. The maximum atomic E-state index is 11.5. The third-order valence-corrected chi connectivity index (χ3v) is 3.99. The number of rotatable bonds is 3. The Morgan fingerprint density at radius 2 is 2.14 bits per heavy atom. The molecule has 1 N–H and O–H groups in total. The molecule has 2 aromatic rings. The minimum Gasteiger partial charge on any atom is -0.469 e. The van der Waals surface area contributed by atoms with Crippen molar-refractivity contribution in [3.05, 3.63) is 18.1 Å². The Morgan fingerprint density at radius 3 is 2.86 bits per heavy atom. The molecule has 21 heavy (non-hydrogen) atoms. The molecule has 0 bridgehead atoms. The van der Waals surface area contributed by atoms with Gasteiger partial charge >= 0.3 is 5.97 Å². The van der Waals surface area contributed by atoms with E-state index in [-0.39, 0.29) is 11.9 Å². The summed E-state index contributed by atoms with van der Waals surface area (Å²) < 4.78 is 6.52. The molecule has 0 atom stereocenters. The van der Waals surface area contributed by atoms with Crippen molar-refractivity contribution in [1.29, 1.82) is 0 Å². The van der Waals surface area contributed by atoms with E-state index in [0.717, 1.165) is 37.2 Å². The molecule has 0 aliphatic heterocycles. The number of aromatic nitrogens is 4. The smallest absolute Gasteiger partial charge is 0.308 e. The van der Waals surface area contributed by atoms with Crippen LogP contribution in [-0.2, 0) is 9.53 Å². The first-order valence-corrected chi connectivity index (χ1v) is 7.19. The number of nitrogens with one attached hydrogen (secondary N) is 1. The average Bonchev–Trinajstić information content (AvgIpc) is 2.95. The molecule has 7 nitrogen and oxygen atoms in total. The van der Waals surface area contributed by atoms with Crippen LogP contribution in [0.4, 0.5) is 5.82 Å². The molecule has 0 radical (unpaired) electrons. The fraction of sp³-hybridized carbons (Fsp3) is 0.571. The largest absolute Gasteiger partial charge is 0.469 e. The van der Waals surface area contributed by atoms with Gasteiger partial charge < -0.3 is 10.1 Å². The number of nitrogens with zero attached hydrogens (tertiary/aromatic N) is 4. The van der Waals surface area contributed by atoms with E-state index in [1.54, 1.807) is 4.52 Å². The second-order valence-electron chi connectivity index (χ2n) is 5.47.